The van der Waals surface area contributed by atoms with Crippen LogP contribution in [0.25, 0.3) is 87.3 Å². The van der Waals surface area contributed by atoms with E-state index in [9.17, 15) is 0 Å². The van der Waals surface area contributed by atoms with E-state index in [1.807, 2.05) is 6.07 Å². The number of anilines is 6. The van der Waals surface area contributed by atoms with Crippen molar-refractivity contribution in [3.05, 3.63) is 243 Å². The van der Waals surface area contributed by atoms with Crippen LogP contribution in [0.4, 0.5) is 34.1 Å². The predicted molar refractivity (Wildman–Crippen MR) is 284 cm³/mol. The van der Waals surface area contributed by atoms with Gasteiger partial charge in [-0.3, -0.25) is 0 Å². The summed E-state index contributed by atoms with van der Waals surface area (Å²) >= 11 is 0. The van der Waals surface area contributed by atoms with Gasteiger partial charge in [0.05, 0.1) is 22.7 Å². The summed E-state index contributed by atoms with van der Waals surface area (Å²) in [5, 5.41) is 11.2. The highest BCUT2D eigenvalue weighted by Gasteiger charge is 2.28. The number of furan rings is 1. The van der Waals surface area contributed by atoms with Gasteiger partial charge in [-0.1, -0.05) is 170 Å². The van der Waals surface area contributed by atoms with Crippen LogP contribution in [-0.2, 0) is 0 Å². The first-order chi connectivity index (χ1) is 33.7. The lowest BCUT2D eigenvalue weighted by Crippen LogP contribution is -2.12. The van der Waals surface area contributed by atoms with Crippen LogP contribution in [0.15, 0.2) is 247 Å². The van der Waals surface area contributed by atoms with Gasteiger partial charge in [0.2, 0.25) is 0 Å². The van der Waals surface area contributed by atoms with E-state index >= 15 is 0 Å². The number of rotatable bonds is 8. The maximum atomic E-state index is 7.20. The maximum absolute atomic E-state index is 7.20. The summed E-state index contributed by atoms with van der Waals surface area (Å²) in [7, 11) is 0. The molecule has 1 aliphatic heterocycles. The van der Waals surface area contributed by atoms with E-state index in [0.717, 1.165) is 122 Å². The lowest BCUT2D eigenvalue weighted by molar-refractivity contribution is 0.493. The van der Waals surface area contributed by atoms with Crippen molar-refractivity contribution in [1.29, 1.82) is 0 Å². The van der Waals surface area contributed by atoms with Crippen LogP contribution < -0.4 is 14.5 Å². The zero-order valence-electron chi connectivity index (χ0n) is 36.8. The third kappa shape index (κ3) is 6.01. The second kappa shape index (κ2) is 15.2. The average Bonchev–Trinajstić information content (AvgIpc) is 3.79. The first-order valence-electron chi connectivity index (χ1n) is 23.2. The Morgan fingerprint density at radius 1 is 0.279 bits per heavy atom. The fourth-order valence-electron chi connectivity index (χ4n) is 10.7. The van der Waals surface area contributed by atoms with Gasteiger partial charge >= 0.3 is 0 Å². The lowest BCUT2D eigenvalue weighted by Gasteiger charge is -2.31. The third-order valence-electron chi connectivity index (χ3n) is 13.7. The van der Waals surface area contributed by atoms with Gasteiger partial charge in [-0.05, 0) is 105 Å². The van der Waals surface area contributed by atoms with Crippen molar-refractivity contribution in [2.45, 2.75) is 0 Å². The summed E-state index contributed by atoms with van der Waals surface area (Å²) in [6.07, 6.45) is 0. The van der Waals surface area contributed by atoms with Gasteiger partial charge in [0.25, 0.3) is 0 Å². The molecule has 0 N–H and O–H groups in total. The summed E-state index contributed by atoms with van der Waals surface area (Å²) in [5.74, 6) is 1.66. The van der Waals surface area contributed by atoms with Crippen LogP contribution in [-0.4, -0.2) is 0 Å². The average molecular weight is 869 g/mol. The zero-order valence-corrected chi connectivity index (χ0v) is 36.8. The molecule has 68 heavy (non-hydrogen) atoms. The molecular weight excluding hydrogens is 829 g/mol. The van der Waals surface area contributed by atoms with Crippen molar-refractivity contribution >= 4 is 99.2 Å². The molecule has 0 bridgehead atoms. The summed E-state index contributed by atoms with van der Waals surface area (Å²) in [5.41, 5.74) is 12.5. The Labute approximate surface area is 392 Å². The van der Waals surface area contributed by atoms with Crippen LogP contribution in [0.3, 0.4) is 0 Å². The third-order valence-corrected chi connectivity index (χ3v) is 13.7. The van der Waals surface area contributed by atoms with Crippen molar-refractivity contribution < 1.29 is 9.15 Å². The molecule has 13 aromatic rings. The van der Waals surface area contributed by atoms with Gasteiger partial charge in [-0.2, -0.15) is 0 Å². The normalized spacial score (nSPS) is 11.9. The van der Waals surface area contributed by atoms with E-state index < -0.39 is 0 Å². The maximum Gasteiger partial charge on any atom is 0.159 e. The summed E-state index contributed by atoms with van der Waals surface area (Å²) in [6, 6.07) is 86.8. The van der Waals surface area contributed by atoms with E-state index in [-0.39, 0.29) is 0 Å². The van der Waals surface area contributed by atoms with Crippen molar-refractivity contribution in [3.8, 4) is 33.8 Å². The van der Waals surface area contributed by atoms with Gasteiger partial charge in [-0.15, -0.1) is 0 Å². The van der Waals surface area contributed by atoms with Crippen LogP contribution in [0.1, 0.15) is 0 Å². The fourth-order valence-corrected chi connectivity index (χ4v) is 10.7. The molecule has 0 aliphatic carbocycles. The Bertz CT molecular complexity index is 4060. The minimum atomic E-state index is 0.829. The van der Waals surface area contributed by atoms with E-state index in [1.54, 1.807) is 0 Å². The Balaban J connectivity index is 1.00. The molecule has 4 heteroatoms. The predicted octanol–water partition coefficient (Wildman–Crippen LogP) is 18.6. The molecule has 0 saturated carbocycles. The van der Waals surface area contributed by atoms with Gasteiger partial charge in [0, 0.05) is 55.1 Å². The Morgan fingerprint density at radius 3 is 1.65 bits per heavy atom. The standard InChI is InChI=1S/C64H40N2O2/c1-4-17-41(18-5-1)46-35-47(42-19-6-2-7-20-42)38-49(37-46)65(48-23-8-3-9-24-48)50-36-44-33-34-45-39-57(54-28-16-32-59-63(54)62(45)61(44)60(40-50)67-59)66(55-29-14-22-43-21-10-11-25-51(43)55)56-30-15-27-53-52-26-12-13-31-58(52)68-64(53)56/h1-40H. The van der Waals surface area contributed by atoms with E-state index in [0.29, 0.717) is 0 Å². The molecule has 0 spiro atoms. The smallest absolute Gasteiger partial charge is 0.159 e. The number of hydrogen-bond donors (Lipinski definition) is 0. The van der Waals surface area contributed by atoms with Gasteiger partial charge in [0.15, 0.2) is 5.58 Å². The largest absolute Gasteiger partial charge is 0.456 e. The molecule has 2 heterocycles. The molecule has 0 radical (unpaired) electrons. The summed E-state index contributed by atoms with van der Waals surface area (Å²) < 4.78 is 14.0. The molecule has 0 amide bonds. The topological polar surface area (TPSA) is 28.9 Å². The molecule has 0 unspecified atom stereocenters. The number of fused-ring (bicyclic) bond motifs is 4. The molecule has 12 aromatic carbocycles. The molecule has 1 aromatic heterocycles. The Hall–Kier alpha value is -9.12. The van der Waals surface area contributed by atoms with Crippen molar-refractivity contribution in [2.75, 3.05) is 9.80 Å². The van der Waals surface area contributed by atoms with Gasteiger partial charge in [-0.25, -0.2) is 0 Å². The highest BCUT2D eigenvalue weighted by atomic mass is 16.5. The number of hydrogen-bond acceptors (Lipinski definition) is 4. The van der Waals surface area contributed by atoms with Gasteiger partial charge in [0.1, 0.15) is 17.1 Å². The number of para-hydroxylation sites is 3. The first-order valence-corrected chi connectivity index (χ1v) is 23.2. The molecule has 318 valence electrons. The van der Waals surface area contributed by atoms with Crippen molar-refractivity contribution in [3.63, 3.8) is 0 Å². The minimum Gasteiger partial charge on any atom is -0.456 e. The van der Waals surface area contributed by atoms with E-state index in [1.165, 1.54) is 10.8 Å². The lowest BCUT2D eigenvalue weighted by atomic mass is 9.91. The monoisotopic (exact) mass is 868 g/mol. The highest BCUT2D eigenvalue weighted by Crippen LogP contribution is 2.54. The zero-order chi connectivity index (χ0) is 44.7. The SMILES string of the molecule is c1ccc(-c2cc(-c3ccccc3)cc(N(c3ccccc3)c3cc4c5c(ccc6cc(N(c7cccc8ccccc78)c7cccc8c7oc7ccccc78)c7cccc(c7c65)O4)c3)c2)cc1. The van der Waals surface area contributed by atoms with Crippen LogP contribution in [0, 0.1) is 0 Å². The van der Waals surface area contributed by atoms with Crippen molar-refractivity contribution in [1.82, 2.24) is 0 Å². The molecule has 14 rings (SSSR count). The Morgan fingerprint density at radius 2 is 0.868 bits per heavy atom. The Kier molecular flexibility index (Phi) is 8.55. The second-order valence-electron chi connectivity index (χ2n) is 17.6. The molecule has 0 fully saturated rings. The van der Waals surface area contributed by atoms with E-state index in [4.69, 9.17) is 9.15 Å². The summed E-state index contributed by atoms with van der Waals surface area (Å²) in [6.45, 7) is 0. The molecule has 4 nitrogen and oxygen atoms in total. The van der Waals surface area contributed by atoms with Crippen LogP contribution >= 0.6 is 0 Å². The minimum absolute atomic E-state index is 0.829. The summed E-state index contributed by atoms with van der Waals surface area (Å²) in [4.78, 5) is 4.77. The number of benzene rings is 12. The van der Waals surface area contributed by atoms with Crippen LogP contribution in [0.5, 0.6) is 11.5 Å². The molecular formula is C64H40N2O2. The highest BCUT2D eigenvalue weighted by molar-refractivity contribution is 6.29. The van der Waals surface area contributed by atoms with Crippen LogP contribution in [0.2, 0.25) is 0 Å². The molecule has 1 aliphatic rings. The quantitative estimate of drug-likeness (QED) is 0.142. The molecule has 0 saturated heterocycles. The van der Waals surface area contributed by atoms with Crippen molar-refractivity contribution in [2.24, 2.45) is 0 Å². The first kappa shape index (κ1) is 38.2. The van der Waals surface area contributed by atoms with Gasteiger partial charge < -0.3 is 19.0 Å². The molecule has 0 atom stereocenters. The number of ether oxygens (including phenoxy) is 1. The number of nitrogens with zero attached hydrogens (tertiary/aromatic N) is 2. The fraction of sp³-hybridized carbons (Fsp3) is 0. The van der Waals surface area contributed by atoms with E-state index in [2.05, 4.69) is 246 Å². The second-order valence-corrected chi connectivity index (χ2v) is 17.6.